The van der Waals surface area contributed by atoms with Gasteiger partial charge in [-0.2, -0.15) is 0 Å². The van der Waals surface area contributed by atoms with Gasteiger partial charge in [0.15, 0.2) is 0 Å². The molecule has 0 aromatic rings. The Bertz CT molecular complexity index is 197. The number of hydrogen-bond acceptors (Lipinski definition) is 2. The molecule has 0 spiro atoms. The first kappa shape index (κ1) is 13.2. The van der Waals surface area contributed by atoms with Gasteiger partial charge in [-0.25, -0.2) is 0 Å². The second-order valence-electron chi connectivity index (χ2n) is 3.64. The lowest BCUT2D eigenvalue weighted by Gasteiger charge is -2.18. The van der Waals surface area contributed by atoms with E-state index in [1.54, 1.807) is 0 Å². The van der Waals surface area contributed by atoms with Crippen molar-refractivity contribution in [3.8, 4) is 0 Å². The fourth-order valence-electron chi connectivity index (χ4n) is 0.993. The third kappa shape index (κ3) is 5.02. The van der Waals surface area contributed by atoms with Gasteiger partial charge in [0, 0.05) is 13.2 Å². The van der Waals surface area contributed by atoms with Crippen LogP contribution in [0.15, 0.2) is 12.2 Å². The lowest BCUT2D eigenvalue weighted by Crippen LogP contribution is -2.35. The third-order valence-corrected chi connectivity index (χ3v) is 1.88. The van der Waals surface area contributed by atoms with Crippen LogP contribution in [-0.4, -0.2) is 25.7 Å². The molecule has 0 radical (unpaired) electrons. The van der Waals surface area contributed by atoms with Crippen LogP contribution in [0.3, 0.4) is 0 Å². The molecule has 0 heterocycles. The first-order valence-corrected chi connectivity index (χ1v) is 5.08. The number of amides is 1. The highest BCUT2D eigenvalue weighted by atomic mass is 16.5. The van der Waals surface area contributed by atoms with Crippen molar-refractivity contribution in [2.24, 2.45) is 5.41 Å². The van der Waals surface area contributed by atoms with Crippen LogP contribution < -0.4 is 5.32 Å². The number of nitrogens with one attached hydrogen (secondary N) is 1. The maximum absolute atomic E-state index is 11.5. The van der Waals surface area contributed by atoms with Crippen molar-refractivity contribution < 1.29 is 9.53 Å². The lowest BCUT2D eigenvalue weighted by atomic mass is 9.92. The molecule has 0 atom stereocenters. The number of rotatable bonds is 6. The van der Waals surface area contributed by atoms with Crippen molar-refractivity contribution in [2.75, 3.05) is 19.8 Å². The van der Waals surface area contributed by atoms with E-state index in [-0.39, 0.29) is 5.91 Å². The maximum atomic E-state index is 11.5. The molecule has 82 valence electrons. The summed E-state index contributed by atoms with van der Waals surface area (Å²) in [5.41, 5.74) is -0.451. The SMILES string of the molecule is CCNC(=O)C(C)(C)C=CCOCC. The van der Waals surface area contributed by atoms with Gasteiger partial charge in [-0.1, -0.05) is 12.2 Å². The van der Waals surface area contributed by atoms with Gasteiger partial charge in [-0.3, -0.25) is 4.79 Å². The molecule has 3 heteroatoms. The average molecular weight is 199 g/mol. The molecule has 14 heavy (non-hydrogen) atoms. The average Bonchev–Trinajstić information content (AvgIpc) is 2.13. The van der Waals surface area contributed by atoms with Gasteiger partial charge < -0.3 is 10.1 Å². The minimum Gasteiger partial charge on any atom is -0.378 e. The molecule has 3 nitrogen and oxygen atoms in total. The quantitative estimate of drug-likeness (QED) is 0.522. The highest BCUT2D eigenvalue weighted by Crippen LogP contribution is 2.16. The first-order valence-electron chi connectivity index (χ1n) is 5.08. The molecule has 0 saturated heterocycles. The molecule has 0 fully saturated rings. The summed E-state index contributed by atoms with van der Waals surface area (Å²) in [6.07, 6.45) is 3.77. The normalized spacial score (nSPS) is 12.0. The second-order valence-corrected chi connectivity index (χ2v) is 3.64. The second kappa shape index (κ2) is 6.60. The van der Waals surface area contributed by atoms with E-state index in [1.807, 2.05) is 39.8 Å². The molecule has 0 aliphatic heterocycles. The van der Waals surface area contributed by atoms with Gasteiger partial charge in [0.1, 0.15) is 0 Å². The molecule has 0 aromatic heterocycles. The summed E-state index contributed by atoms with van der Waals surface area (Å²) in [6.45, 7) is 9.58. The van der Waals surface area contributed by atoms with Gasteiger partial charge in [-0.05, 0) is 27.7 Å². The van der Waals surface area contributed by atoms with E-state index in [9.17, 15) is 4.79 Å². The molecule has 0 bridgehead atoms. The Hall–Kier alpha value is -0.830. The van der Waals surface area contributed by atoms with Gasteiger partial charge in [0.25, 0.3) is 0 Å². The smallest absolute Gasteiger partial charge is 0.229 e. The molecule has 0 aliphatic rings. The molecule has 0 unspecified atom stereocenters. The monoisotopic (exact) mass is 199 g/mol. The van der Waals surface area contributed by atoms with E-state index in [2.05, 4.69) is 5.32 Å². The maximum Gasteiger partial charge on any atom is 0.229 e. The summed E-state index contributed by atoms with van der Waals surface area (Å²) in [7, 11) is 0. The van der Waals surface area contributed by atoms with Crippen LogP contribution >= 0.6 is 0 Å². The standard InChI is InChI=1S/C11H21NO2/c1-5-12-10(13)11(3,4)8-7-9-14-6-2/h7-8H,5-6,9H2,1-4H3,(H,12,13). The van der Waals surface area contributed by atoms with Gasteiger partial charge in [-0.15, -0.1) is 0 Å². The molecular weight excluding hydrogens is 178 g/mol. The van der Waals surface area contributed by atoms with Crippen LogP contribution in [0.2, 0.25) is 0 Å². The topological polar surface area (TPSA) is 38.3 Å². The predicted octanol–water partition coefficient (Wildman–Crippen LogP) is 1.74. The summed E-state index contributed by atoms with van der Waals surface area (Å²) in [5, 5.41) is 2.80. The Morgan fingerprint density at radius 2 is 2.07 bits per heavy atom. The first-order chi connectivity index (χ1) is 6.54. The van der Waals surface area contributed by atoms with Crippen molar-refractivity contribution in [3.63, 3.8) is 0 Å². The van der Waals surface area contributed by atoms with E-state index in [1.165, 1.54) is 0 Å². The fourth-order valence-corrected chi connectivity index (χ4v) is 0.993. The molecule has 0 saturated carbocycles. The minimum atomic E-state index is -0.451. The third-order valence-electron chi connectivity index (χ3n) is 1.88. The molecule has 0 aliphatic carbocycles. The van der Waals surface area contributed by atoms with Crippen molar-refractivity contribution in [2.45, 2.75) is 27.7 Å². The van der Waals surface area contributed by atoms with Crippen molar-refractivity contribution in [1.82, 2.24) is 5.32 Å². The molecular formula is C11H21NO2. The summed E-state index contributed by atoms with van der Waals surface area (Å²) in [4.78, 5) is 11.5. The van der Waals surface area contributed by atoms with Crippen LogP contribution in [0.25, 0.3) is 0 Å². The summed E-state index contributed by atoms with van der Waals surface area (Å²) in [6, 6.07) is 0. The summed E-state index contributed by atoms with van der Waals surface area (Å²) in [5.74, 6) is 0.0488. The zero-order valence-corrected chi connectivity index (χ0v) is 9.59. The zero-order valence-electron chi connectivity index (χ0n) is 9.59. The number of hydrogen-bond donors (Lipinski definition) is 1. The van der Waals surface area contributed by atoms with Gasteiger partial charge >= 0.3 is 0 Å². The highest BCUT2D eigenvalue weighted by Gasteiger charge is 2.22. The number of carbonyl (C=O) groups is 1. The molecule has 0 aromatic carbocycles. The highest BCUT2D eigenvalue weighted by molar-refractivity contribution is 5.83. The van der Waals surface area contributed by atoms with E-state index < -0.39 is 5.41 Å². The Kier molecular flexibility index (Phi) is 6.21. The van der Waals surface area contributed by atoms with Crippen molar-refractivity contribution in [1.29, 1.82) is 0 Å². The van der Waals surface area contributed by atoms with E-state index >= 15 is 0 Å². The van der Waals surface area contributed by atoms with Crippen LogP contribution in [0.1, 0.15) is 27.7 Å². The number of ether oxygens (including phenoxy) is 1. The largest absolute Gasteiger partial charge is 0.378 e. The predicted molar refractivity (Wildman–Crippen MR) is 58.1 cm³/mol. The van der Waals surface area contributed by atoms with Crippen LogP contribution in [0.5, 0.6) is 0 Å². The van der Waals surface area contributed by atoms with Crippen LogP contribution in [0, 0.1) is 5.41 Å². The molecule has 1 N–H and O–H groups in total. The number of carbonyl (C=O) groups excluding carboxylic acids is 1. The van der Waals surface area contributed by atoms with Gasteiger partial charge in [0.05, 0.1) is 12.0 Å². The lowest BCUT2D eigenvalue weighted by molar-refractivity contribution is -0.127. The summed E-state index contributed by atoms with van der Waals surface area (Å²) < 4.78 is 5.15. The van der Waals surface area contributed by atoms with E-state index in [4.69, 9.17) is 4.74 Å². The fraction of sp³-hybridized carbons (Fsp3) is 0.727. The Labute approximate surface area is 86.5 Å². The van der Waals surface area contributed by atoms with E-state index in [0.29, 0.717) is 19.8 Å². The van der Waals surface area contributed by atoms with Crippen molar-refractivity contribution in [3.05, 3.63) is 12.2 Å². The van der Waals surface area contributed by atoms with Gasteiger partial charge in [0.2, 0.25) is 5.91 Å². The van der Waals surface area contributed by atoms with E-state index in [0.717, 1.165) is 0 Å². The van der Waals surface area contributed by atoms with Crippen LogP contribution in [-0.2, 0) is 9.53 Å². The van der Waals surface area contributed by atoms with Crippen LogP contribution in [0.4, 0.5) is 0 Å². The Balaban J connectivity index is 4.04. The Morgan fingerprint density at radius 1 is 1.43 bits per heavy atom. The molecule has 1 amide bonds. The van der Waals surface area contributed by atoms with Crippen molar-refractivity contribution >= 4 is 5.91 Å². The molecule has 0 rings (SSSR count). The Morgan fingerprint density at radius 3 is 2.57 bits per heavy atom. The summed E-state index contributed by atoms with van der Waals surface area (Å²) >= 11 is 0. The minimum absolute atomic E-state index is 0.0488. The zero-order chi connectivity index (χ0) is 11.0.